The van der Waals surface area contributed by atoms with Crippen LogP contribution in [0, 0.1) is 0 Å². The minimum atomic E-state index is -0.373. The minimum Gasteiger partial charge on any atom is -0.378 e. The lowest BCUT2D eigenvalue weighted by Gasteiger charge is -2.38. The van der Waals surface area contributed by atoms with E-state index in [9.17, 15) is 9.59 Å². The highest BCUT2D eigenvalue weighted by Gasteiger charge is 2.31. The van der Waals surface area contributed by atoms with Crippen LogP contribution in [0.5, 0.6) is 0 Å². The van der Waals surface area contributed by atoms with Gasteiger partial charge in [0.25, 0.3) is 5.91 Å². The van der Waals surface area contributed by atoms with Crippen LogP contribution in [0.25, 0.3) is 11.4 Å². The van der Waals surface area contributed by atoms with Gasteiger partial charge in [-0.3, -0.25) is 9.78 Å². The van der Waals surface area contributed by atoms with Crippen molar-refractivity contribution in [3.63, 3.8) is 0 Å². The summed E-state index contributed by atoms with van der Waals surface area (Å²) in [6.07, 6.45) is 0.129. The number of carbonyl (C=O) groups is 1. The average Bonchev–Trinajstić information content (AvgIpc) is 2.84. The lowest BCUT2D eigenvalue weighted by Crippen LogP contribution is -2.54. The van der Waals surface area contributed by atoms with Crippen molar-refractivity contribution in [2.45, 2.75) is 6.10 Å². The number of ether oxygens (including phenoxy) is 1. The van der Waals surface area contributed by atoms with E-state index in [1.54, 1.807) is 36.3 Å². The molecule has 1 saturated heterocycles. The molecule has 1 aliphatic heterocycles. The van der Waals surface area contributed by atoms with Crippen LogP contribution < -0.4 is 5.69 Å². The van der Waals surface area contributed by atoms with Gasteiger partial charge in [0.05, 0.1) is 6.10 Å². The van der Waals surface area contributed by atoms with E-state index in [1.165, 1.54) is 0 Å². The maximum Gasteiger partial charge on any atom is 0.340 e. The summed E-state index contributed by atoms with van der Waals surface area (Å²) in [5.41, 5.74) is 0.890. The van der Waals surface area contributed by atoms with E-state index < -0.39 is 0 Å². The number of carbonyl (C=O) groups excluding carboxylic acids is 1. The molecule has 2 heterocycles. The summed E-state index contributed by atoms with van der Waals surface area (Å²) in [7, 11) is 1.64. The van der Waals surface area contributed by atoms with Crippen molar-refractivity contribution < 1.29 is 9.53 Å². The predicted octanol–water partition coefficient (Wildman–Crippen LogP) is 0.236. The highest BCUT2D eigenvalue weighted by Crippen LogP contribution is 2.19. The van der Waals surface area contributed by atoms with Crippen LogP contribution in [-0.4, -0.2) is 52.3 Å². The summed E-state index contributed by atoms with van der Waals surface area (Å²) < 4.78 is 5.15. The van der Waals surface area contributed by atoms with Gasteiger partial charge in [-0.1, -0.05) is 12.1 Å². The number of hydrogen-bond donors (Lipinski definition) is 2. The highest BCUT2D eigenvalue weighted by atomic mass is 16.5. The maximum atomic E-state index is 12.2. The summed E-state index contributed by atoms with van der Waals surface area (Å²) in [6.45, 7) is 1.22. The number of nitrogens with zero attached hydrogens (tertiary/aromatic N) is 2. The number of benzene rings is 1. The van der Waals surface area contributed by atoms with Crippen molar-refractivity contribution in [1.29, 1.82) is 0 Å². The van der Waals surface area contributed by atoms with Gasteiger partial charge in [0, 0.05) is 31.3 Å². The topological polar surface area (TPSA) is 91.1 Å². The molecule has 3 rings (SSSR count). The second-order valence-corrected chi connectivity index (χ2v) is 4.67. The van der Waals surface area contributed by atoms with E-state index in [1.807, 2.05) is 0 Å². The van der Waals surface area contributed by atoms with Gasteiger partial charge in [-0.05, 0) is 12.1 Å². The van der Waals surface area contributed by atoms with Gasteiger partial charge < -0.3 is 9.64 Å². The lowest BCUT2D eigenvalue weighted by molar-refractivity contribution is -0.0191. The molecule has 20 heavy (non-hydrogen) atoms. The van der Waals surface area contributed by atoms with Crippen molar-refractivity contribution >= 4 is 5.91 Å². The molecule has 2 aromatic rings. The van der Waals surface area contributed by atoms with Gasteiger partial charge in [-0.25, -0.2) is 9.89 Å². The molecule has 0 radical (unpaired) electrons. The van der Waals surface area contributed by atoms with Gasteiger partial charge in [0.15, 0.2) is 5.82 Å². The first-order valence-corrected chi connectivity index (χ1v) is 6.24. The molecule has 1 aliphatic rings. The van der Waals surface area contributed by atoms with Crippen LogP contribution in [0.15, 0.2) is 29.1 Å². The second kappa shape index (κ2) is 4.93. The molecule has 1 amide bonds. The first-order chi connectivity index (χ1) is 9.67. The number of rotatable bonds is 3. The molecular formula is C13H14N4O3. The van der Waals surface area contributed by atoms with Crippen LogP contribution in [0.1, 0.15) is 10.4 Å². The Balaban J connectivity index is 1.81. The smallest absolute Gasteiger partial charge is 0.340 e. The number of likely N-dealkylation sites (tertiary alicyclic amines) is 1. The number of H-pyrrole nitrogens is 2. The van der Waals surface area contributed by atoms with Crippen LogP contribution in [0.3, 0.4) is 0 Å². The monoisotopic (exact) mass is 274 g/mol. The van der Waals surface area contributed by atoms with Crippen molar-refractivity contribution in [2.24, 2.45) is 0 Å². The molecule has 1 aromatic heterocycles. The van der Waals surface area contributed by atoms with Gasteiger partial charge >= 0.3 is 5.69 Å². The van der Waals surface area contributed by atoms with Gasteiger partial charge in [0.2, 0.25) is 0 Å². The number of hydrogen-bond acceptors (Lipinski definition) is 4. The van der Waals surface area contributed by atoms with Crippen LogP contribution in [-0.2, 0) is 4.74 Å². The van der Waals surface area contributed by atoms with E-state index in [-0.39, 0.29) is 17.7 Å². The fraction of sp³-hybridized carbons (Fsp3) is 0.308. The average molecular weight is 274 g/mol. The summed E-state index contributed by atoms with van der Waals surface area (Å²) >= 11 is 0. The molecule has 1 fully saturated rings. The first kappa shape index (κ1) is 12.6. The van der Waals surface area contributed by atoms with Crippen molar-refractivity contribution in [3.05, 3.63) is 40.3 Å². The molecule has 104 valence electrons. The molecule has 0 unspecified atom stereocenters. The standard InChI is InChI=1S/C13H14N4O3/c1-20-10-6-17(7-10)12(18)9-4-2-3-8(5-9)11-14-13(19)16-15-11/h2-5,10H,6-7H2,1H3,(H2,14,15,16,19). The van der Waals surface area contributed by atoms with Crippen molar-refractivity contribution in [2.75, 3.05) is 20.2 Å². The fourth-order valence-corrected chi connectivity index (χ4v) is 2.14. The Hall–Kier alpha value is -2.41. The zero-order valence-electron chi connectivity index (χ0n) is 10.9. The molecule has 1 aromatic carbocycles. The lowest BCUT2D eigenvalue weighted by atomic mass is 10.1. The molecule has 0 spiro atoms. The molecule has 0 bridgehead atoms. The Morgan fingerprint density at radius 2 is 2.25 bits per heavy atom. The van der Waals surface area contributed by atoms with E-state index in [4.69, 9.17) is 4.74 Å². The van der Waals surface area contributed by atoms with Gasteiger partial charge in [0.1, 0.15) is 0 Å². The van der Waals surface area contributed by atoms with Crippen molar-refractivity contribution in [3.8, 4) is 11.4 Å². The Labute approximate surface area is 114 Å². The van der Waals surface area contributed by atoms with Gasteiger partial charge in [-0.15, -0.1) is 0 Å². The SMILES string of the molecule is COC1CN(C(=O)c2cccc(-c3n[nH]c(=O)[nH]3)c2)C1. The van der Waals surface area contributed by atoms with Crippen molar-refractivity contribution in [1.82, 2.24) is 20.1 Å². The van der Waals surface area contributed by atoms with Crippen LogP contribution in [0.4, 0.5) is 0 Å². The van der Waals surface area contributed by atoms with E-state index in [2.05, 4.69) is 15.2 Å². The molecule has 7 nitrogen and oxygen atoms in total. The summed E-state index contributed by atoms with van der Waals surface area (Å²) in [4.78, 5) is 27.6. The third-order valence-electron chi connectivity index (χ3n) is 3.35. The molecule has 0 atom stereocenters. The Morgan fingerprint density at radius 1 is 1.45 bits per heavy atom. The summed E-state index contributed by atoms with van der Waals surface area (Å²) in [5, 5.41) is 6.15. The quantitative estimate of drug-likeness (QED) is 0.838. The molecule has 0 aliphatic carbocycles. The maximum absolute atomic E-state index is 12.2. The second-order valence-electron chi connectivity index (χ2n) is 4.67. The number of nitrogens with one attached hydrogen (secondary N) is 2. The van der Waals surface area contributed by atoms with Crippen LogP contribution in [0.2, 0.25) is 0 Å². The predicted molar refractivity (Wildman–Crippen MR) is 71.3 cm³/mol. The number of aromatic amines is 2. The Morgan fingerprint density at radius 3 is 2.90 bits per heavy atom. The molecule has 2 N–H and O–H groups in total. The summed E-state index contributed by atoms with van der Waals surface area (Å²) in [6, 6.07) is 7.02. The molecule has 0 saturated carbocycles. The largest absolute Gasteiger partial charge is 0.378 e. The Kier molecular flexibility index (Phi) is 3.11. The number of aromatic nitrogens is 3. The zero-order chi connectivity index (χ0) is 14.1. The first-order valence-electron chi connectivity index (χ1n) is 6.24. The summed E-state index contributed by atoms with van der Waals surface area (Å²) in [5.74, 6) is 0.376. The normalized spacial score (nSPS) is 15.2. The van der Waals surface area contributed by atoms with Gasteiger partial charge in [-0.2, -0.15) is 5.10 Å². The third kappa shape index (κ3) is 2.23. The van der Waals surface area contributed by atoms with E-state index in [0.717, 1.165) is 0 Å². The van der Waals surface area contributed by atoms with E-state index in [0.29, 0.717) is 30.0 Å². The molecule has 7 heteroatoms. The Bertz CT molecular complexity index is 685. The highest BCUT2D eigenvalue weighted by molar-refractivity contribution is 5.95. The fourth-order valence-electron chi connectivity index (χ4n) is 2.14. The zero-order valence-corrected chi connectivity index (χ0v) is 10.9. The number of methoxy groups -OCH3 is 1. The third-order valence-corrected chi connectivity index (χ3v) is 3.35. The number of amides is 1. The van der Waals surface area contributed by atoms with Crippen LogP contribution >= 0.6 is 0 Å². The molecular weight excluding hydrogens is 260 g/mol. The van der Waals surface area contributed by atoms with E-state index >= 15 is 0 Å². The minimum absolute atomic E-state index is 0.0435.